The SMILES string of the molecule is O=C(O)CC1=COC2CC(=CO)COC2=C1. The Balaban J connectivity index is 2.07. The molecule has 0 aromatic rings. The van der Waals surface area contributed by atoms with Gasteiger partial charge in [-0.25, -0.2) is 0 Å². The van der Waals surface area contributed by atoms with Crippen molar-refractivity contribution >= 4 is 5.97 Å². The number of ether oxygens (including phenoxy) is 2. The molecule has 5 heteroatoms. The number of fused-ring (bicyclic) bond motifs is 1. The highest BCUT2D eigenvalue weighted by Gasteiger charge is 2.27. The van der Waals surface area contributed by atoms with Gasteiger partial charge in [-0.1, -0.05) is 0 Å². The second kappa shape index (κ2) is 4.30. The minimum atomic E-state index is -0.906. The molecule has 0 aliphatic carbocycles. The normalized spacial score (nSPS) is 26.0. The van der Waals surface area contributed by atoms with Crippen molar-refractivity contribution in [3.05, 3.63) is 35.5 Å². The Morgan fingerprint density at radius 2 is 2.44 bits per heavy atom. The van der Waals surface area contributed by atoms with E-state index in [9.17, 15) is 4.79 Å². The first-order valence-electron chi connectivity index (χ1n) is 4.92. The summed E-state index contributed by atoms with van der Waals surface area (Å²) in [5.41, 5.74) is 1.34. The number of carboxylic acid groups (broad SMARTS) is 1. The molecule has 0 amide bonds. The third-order valence-corrected chi connectivity index (χ3v) is 2.44. The molecule has 0 saturated carbocycles. The maximum Gasteiger partial charge on any atom is 0.307 e. The zero-order valence-electron chi connectivity index (χ0n) is 8.55. The second-order valence-corrected chi connectivity index (χ2v) is 3.71. The molecule has 16 heavy (non-hydrogen) atoms. The van der Waals surface area contributed by atoms with E-state index in [0.717, 1.165) is 11.8 Å². The lowest BCUT2D eigenvalue weighted by Gasteiger charge is -2.29. The summed E-state index contributed by atoms with van der Waals surface area (Å²) in [6.07, 6.45) is 4.39. The Hall–Kier alpha value is -1.91. The van der Waals surface area contributed by atoms with Gasteiger partial charge in [-0.15, -0.1) is 0 Å². The average Bonchev–Trinajstić information content (AvgIpc) is 2.27. The molecule has 1 fully saturated rings. The van der Waals surface area contributed by atoms with Crippen LogP contribution in [0.3, 0.4) is 0 Å². The minimum absolute atomic E-state index is 0.0811. The maximum atomic E-state index is 10.5. The van der Waals surface area contributed by atoms with Crippen LogP contribution in [0.15, 0.2) is 35.5 Å². The zero-order valence-corrected chi connectivity index (χ0v) is 8.55. The molecule has 0 radical (unpaired) electrons. The summed E-state index contributed by atoms with van der Waals surface area (Å²) in [7, 11) is 0. The van der Waals surface area contributed by atoms with Gasteiger partial charge in [-0.05, 0) is 6.08 Å². The highest BCUT2D eigenvalue weighted by molar-refractivity contribution is 5.71. The summed E-state index contributed by atoms with van der Waals surface area (Å²) in [5, 5.41) is 17.5. The molecule has 1 atom stereocenters. The van der Waals surface area contributed by atoms with E-state index in [1.807, 2.05) is 0 Å². The lowest BCUT2D eigenvalue weighted by molar-refractivity contribution is -0.136. The molecule has 0 spiro atoms. The molecule has 2 N–H and O–H groups in total. The van der Waals surface area contributed by atoms with Gasteiger partial charge >= 0.3 is 5.97 Å². The van der Waals surface area contributed by atoms with E-state index in [2.05, 4.69) is 0 Å². The lowest BCUT2D eigenvalue weighted by Crippen LogP contribution is -2.26. The molecular formula is C11H12O5. The summed E-state index contributed by atoms with van der Waals surface area (Å²) in [6.45, 7) is 0.322. The lowest BCUT2D eigenvalue weighted by atomic mass is 10.0. The van der Waals surface area contributed by atoms with Gasteiger partial charge in [0.25, 0.3) is 0 Å². The van der Waals surface area contributed by atoms with Gasteiger partial charge in [-0.3, -0.25) is 4.79 Å². The number of rotatable bonds is 2. The van der Waals surface area contributed by atoms with Crippen molar-refractivity contribution in [2.75, 3.05) is 6.61 Å². The zero-order chi connectivity index (χ0) is 11.5. The summed E-state index contributed by atoms with van der Waals surface area (Å²) < 4.78 is 10.7. The minimum Gasteiger partial charge on any atom is -0.516 e. The highest BCUT2D eigenvalue weighted by atomic mass is 16.5. The largest absolute Gasteiger partial charge is 0.516 e. The predicted octanol–water partition coefficient (Wildman–Crippen LogP) is 1.49. The molecule has 1 unspecified atom stereocenters. The number of aliphatic carboxylic acids is 1. The number of aliphatic hydroxyl groups excluding tert-OH is 1. The van der Waals surface area contributed by atoms with Crippen molar-refractivity contribution in [3.8, 4) is 0 Å². The molecule has 2 heterocycles. The molecule has 0 aromatic carbocycles. The van der Waals surface area contributed by atoms with Crippen molar-refractivity contribution < 1.29 is 24.5 Å². The van der Waals surface area contributed by atoms with Crippen molar-refractivity contribution in [3.63, 3.8) is 0 Å². The molecular weight excluding hydrogens is 212 g/mol. The molecule has 0 aromatic heterocycles. The van der Waals surface area contributed by atoms with Gasteiger partial charge in [-0.2, -0.15) is 0 Å². The molecule has 2 rings (SSSR count). The first-order chi connectivity index (χ1) is 7.69. The molecule has 86 valence electrons. The Labute approximate surface area is 92.3 Å². The van der Waals surface area contributed by atoms with Crippen LogP contribution in [-0.2, 0) is 14.3 Å². The first-order valence-corrected chi connectivity index (χ1v) is 4.92. The standard InChI is InChI=1S/C11H12O5/c12-4-8-2-10-9(16-6-8)1-7(5-15-10)3-11(13)14/h1,4-5,10,12H,2-3,6H2,(H,13,14). The predicted molar refractivity (Wildman–Crippen MR) is 54.6 cm³/mol. The fourth-order valence-corrected chi connectivity index (χ4v) is 1.66. The third-order valence-electron chi connectivity index (χ3n) is 2.44. The topological polar surface area (TPSA) is 76.0 Å². The molecule has 2 aliphatic rings. The van der Waals surface area contributed by atoms with Crippen LogP contribution in [0, 0.1) is 0 Å². The van der Waals surface area contributed by atoms with Crippen LogP contribution in [0.1, 0.15) is 12.8 Å². The van der Waals surface area contributed by atoms with E-state index >= 15 is 0 Å². The fraction of sp³-hybridized carbons (Fsp3) is 0.364. The molecule has 5 nitrogen and oxygen atoms in total. The number of hydrogen-bond donors (Lipinski definition) is 2. The van der Waals surface area contributed by atoms with Crippen LogP contribution in [0.25, 0.3) is 0 Å². The quantitative estimate of drug-likeness (QED) is 0.695. The molecule has 0 bridgehead atoms. The van der Waals surface area contributed by atoms with Gasteiger partial charge in [0.05, 0.1) is 18.9 Å². The fourth-order valence-electron chi connectivity index (χ4n) is 1.66. The number of hydrogen-bond acceptors (Lipinski definition) is 4. The Kier molecular flexibility index (Phi) is 2.85. The summed E-state index contributed by atoms with van der Waals surface area (Å²) in [5.74, 6) is -0.277. The van der Waals surface area contributed by atoms with Gasteiger partial charge in [0.1, 0.15) is 12.4 Å². The number of carboxylic acids is 1. The average molecular weight is 224 g/mol. The number of carbonyl (C=O) groups is 1. The smallest absolute Gasteiger partial charge is 0.307 e. The number of allylic oxidation sites excluding steroid dienone is 1. The first kappa shape index (κ1) is 10.6. The number of aliphatic hydroxyl groups is 1. The Morgan fingerprint density at radius 1 is 1.62 bits per heavy atom. The van der Waals surface area contributed by atoms with Crippen molar-refractivity contribution in [2.45, 2.75) is 18.9 Å². The van der Waals surface area contributed by atoms with Gasteiger partial charge < -0.3 is 19.7 Å². The maximum absolute atomic E-state index is 10.5. The van der Waals surface area contributed by atoms with Crippen LogP contribution >= 0.6 is 0 Å². The molecule has 1 saturated heterocycles. The van der Waals surface area contributed by atoms with Gasteiger partial charge in [0, 0.05) is 17.6 Å². The van der Waals surface area contributed by atoms with E-state index in [0.29, 0.717) is 24.4 Å². The third kappa shape index (κ3) is 2.18. The Morgan fingerprint density at radius 3 is 3.12 bits per heavy atom. The van der Waals surface area contributed by atoms with E-state index < -0.39 is 5.97 Å². The summed E-state index contributed by atoms with van der Waals surface area (Å²) >= 11 is 0. The van der Waals surface area contributed by atoms with Gasteiger partial charge in [0.2, 0.25) is 0 Å². The summed E-state index contributed by atoms with van der Waals surface area (Å²) in [6, 6.07) is 0. The molecule has 2 aliphatic heterocycles. The Bertz CT molecular complexity index is 391. The van der Waals surface area contributed by atoms with Crippen LogP contribution in [-0.4, -0.2) is 28.9 Å². The van der Waals surface area contributed by atoms with E-state index in [-0.39, 0.29) is 12.5 Å². The van der Waals surface area contributed by atoms with Crippen LogP contribution in [0.4, 0.5) is 0 Å². The second-order valence-electron chi connectivity index (χ2n) is 3.71. The summed E-state index contributed by atoms with van der Waals surface area (Å²) in [4.78, 5) is 10.5. The van der Waals surface area contributed by atoms with Gasteiger partial charge in [0.15, 0.2) is 6.10 Å². The van der Waals surface area contributed by atoms with Crippen molar-refractivity contribution in [1.82, 2.24) is 0 Å². The van der Waals surface area contributed by atoms with E-state index in [4.69, 9.17) is 19.7 Å². The monoisotopic (exact) mass is 224 g/mol. The van der Waals surface area contributed by atoms with Crippen LogP contribution in [0.5, 0.6) is 0 Å². The highest BCUT2D eigenvalue weighted by Crippen LogP contribution is 2.29. The van der Waals surface area contributed by atoms with Crippen LogP contribution in [0.2, 0.25) is 0 Å². The van der Waals surface area contributed by atoms with E-state index in [1.54, 1.807) is 6.08 Å². The van der Waals surface area contributed by atoms with Crippen molar-refractivity contribution in [1.29, 1.82) is 0 Å². The van der Waals surface area contributed by atoms with Crippen molar-refractivity contribution in [2.24, 2.45) is 0 Å². The van der Waals surface area contributed by atoms with Crippen LogP contribution < -0.4 is 0 Å². The van der Waals surface area contributed by atoms with E-state index in [1.165, 1.54) is 6.26 Å².